The molecule has 7 heteroatoms. The van der Waals surface area contributed by atoms with Gasteiger partial charge < -0.3 is 20.6 Å². The van der Waals surface area contributed by atoms with Crippen molar-refractivity contribution < 1.29 is 19.1 Å². The third kappa shape index (κ3) is 5.33. The van der Waals surface area contributed by atoms with Gasteiger partial charge in [-0.1, -0.05) is 0 Å². The largest absolute Gasteiger partial charge is 0.481 e. The maximum Gasteiger partial charge on any atom is 0.319 e. The fourth-order valence-corrected chi connectivity index (χ4v) is 2.49. The molecule has 1 aliphatic heterocycles. The highest BCUT2D eigenvalue weighted by Gasteiger charge is 2.23. The molecule has 1 saturated heterocycles. The van der Waals surface area contributed by atoms with Gasteiger partial charge in [0.05, 0.1) is 0 Å². The van der Waals surface area contributed by atoms with E-state index >= 15 is 0 Å². The molecule has 6 nitrogen and oxygen atoms in total. The number of likely N-dealkylation sites (tertiary alicyclic amines) is 1. The smallest absolute Gasteiger partial charge is 0.319 e. The van der Waals surface area contributed by atoms with Gasteiger partial charge in [-0.25, -0.2) is 9.18 Å². The molecule has 0 spiro atoms. The summed E-state index contributed by atoms with van der Waals surface area (Å²) in [4.78, 5) is 24.5. The van der Waals surface area contributed by atoms with Gasteiger partial charge in [0.2, 0.25) is 0 Å². The number of nitrogens with one attached hydrogen (secondary N) is 2. The summed E-state index contributed by atoms with van der Waals surface area (Å²) in [6.45, 7) is 2.29. The minimum atomic E-state index is -0.785. The van der Waals surface area contributed by atoms with E-state index < -0.39 is 5.97 Å². The summed E-state index contributed by atoms with van der Waals surface area (Å²) in [5.74, 6) is -1.13. The summed E-state index contributed by atoms with van der Waals surface area (Å²) in [7, 11) is 0. The van der Waals surface area contributed by atoms with Crippen LogP contribution in [0.2, 0.25) is 0 Å². The second-order valence-corrected chi connectivity index (χ2v) is 5.39. The van der Waals surface area contributed by atoms with Crippen LogP contribution in [0.25, 0.3) is 0 Å². The number of carbonyl (C=O) groups excluding carboxylic acids is 1. The number of carboxylic acids is 1. The monoisotopic (exact) mass is 309 g/mol. The lowest BCUT2D eigenvalue weighted by Gasteiger charge is -2.16. The number of amides is 2. The van der Waals surface area contributed by atoms with E-state index in [-0.39, 0.29) is 24.3 Å². The van der Waals surface area contributed by atoms with Crippen LogP contribution in [0.5, 0.6) is 0 Å². The van der Waals surface area contributed by atoms with Gasteiger partial charge in [0, 0.05) is 31.2 Å². The van der Waals surface area contributed by atoms with E-state index in [1.807, 2.05) is 0 Å². The van der Waals surface area contributed by atoms with Crippen molar-refractivity contribution in [3.8, 4) is 0 Å². The van der Waals surface area contributed by atoms with Crippen LogP contribution in [0.1, 0.15) is 19.3 Å². The maximum absolute atomic E-state index is 12.8. The van der Waals surface area contributed by atoms with Gasteiger partial charge in [-0.3, -0.25) is 4.79 Å². The zero-order valence-corrected chi connectivity index (χ0v) is 12.2. The first kappa shape index (κ1) is 16.2. The number of anilines is 1. The Morgan fingerprint density at radius 1 is 1.32 bits per heavy atom. The van der Waals surface area contributed by atoms with Crippen molar-refractivity contribution in [2.45, 2.75) is 25.3 Å². The summed E-state index contributed by atoms with van der Waals surface area (Å²) in [6, 6.07) is 5.31. The first-order chi connectivity index (χ1) is 10.5. The number of rotatable bonds is 6. The highest BCUT2D eigenvalue weighted by atomic mass is 19.1. The number of urea groups is 1. The average Bonchev–Trinajstić information content (AvgIpc) is 2.88. The van der Waals surface area contributed by atoms with Crippen molar-refractivity contribution in [1.29, 1.82) is 0 Å². The number of hydrogen-bond donors (Lipinski definition) is 3. The van der Waals surface area contributed by atoms with Crippen LogP contribution in [-0.4, -0.2) is 47.7 Å². The zero-order valence-electron chi connectivity index (χ0n) is 12.2. The number of nitrogens with zero attached hydrogens (tertiary/aromatic N) is 1. The topological polar surface area (TPSA) is 81.7 Å². The van der Waals surface area contributed by atoms with Crippen LogP contribution < -0.4 is 10.6 Å². The number of halogens is 1. The van der Waals surface area contributed by atoms with E-state index in [4.69, 9.17) is 5.11 Å². The minimum absolute atomic E-state index is 0.0466. The van der Waals surface area contributed by atoms with E-state index in [1.54, 1.807) is 0 Å². The lowest BCUT2D eigenvalue weighted by molar-refractivity contribution is -0.137. The first-order valence-electron chi connectivity index (χ1n) is 7.30. The normalized spacial score (nSPS) is 18.1. The lowest BCUT2D eigenvalue weighted by atomic mass is 10.2. The molecular weight excluding hydrogens is 289 g/mol. The quantitative estimate of drug-likeness (QED) is 0.749. The fourth-order valence-electron chi connectivity index (χ4n) is 2.49. The molecular formula is C15H20FN3O3. The predicted octanol–water partition coefficient (Wildman–Crippen LogP) is 1.89. The Labute approximate surface area is 128 Å². The summed E-state index contributed by atoms with van der Waals surface area (Å²) in [6.07, 6.45) is 1.62. The Bertz CT molecular complexity index is 521. The molecule has 0 radical (unpaired) electrons. The average molecular weight is 309 g/mol. The minimum Gasteiger partial charge on any atom is -0.481 e. The number of hydrogen-bond acceptors (Lipinski definition) is 3. The van der Waals surface area contributed by atoms with Crippen LogP contribution in [0.15, 0.2) is 24.3 Å². The van der Waals surface area contributed by atoms with Crippen LogP contribution in [0.4, 0.5) is 14.9 Å². The zero-order chi connectivity index (χ0) is 15.9. The molecule has 2 amide bonds. The number of aliphatic carboxylic acids is 1. The second-order valence-electron chi connectivity index (χ2n) is 5.39. The Morgan fingerprint density at radius 3 is 2.73 bits per heavy atom. The fraction of sp³-hybridized carbons (Fsp3) is 0.467. The van der Waals surface area contributed by atoms with E-state index in [0.29, 0.717) is 12.1 Å². The molecule has 1 heterocycles. The van der Waals surface area contributed by atoms with Crippen molar-refractivity contribution in [1.82, 2.24) is 10.2 Å². The SMILES string of the molecule is O=C(O)CCCN1CCC(NC(=O)Nc2ccc(F)cc2)C1. The third-order valence-electron chi connectivity index (χ3n) is 3.57. The summed E-state index contributed by atoms with van der Waals surface area (Å²) in [5.41, 5.74) is 0.537. The Balaban J connectivity index is 1.69. The van der Waals surface area contributed by atoms with Gasteiger partial charge in [-0.05, 0) is 43.7 Å². The molecule has 1 atom stereocenters. The van der Waals surface area contributed by atoms with E-state index in [0.717, 1.165) is 26.1 Å². The van der Waals surface area contributed by atoms with E-state index in [9.17, 15) is 14.0 Å². The van der Waals surface area contributed by atoms with Crippen LogP contribution >= 0.6 is 0 Å². The molecule has 0 bridgehead atoms. The molecule has 0 aliphatic carbocycles. The molecule has 0 saturated carbocycles. The molecule has 0 aromatic heterocycles. The Morgan fingerprint density at radius 2 is 2.05 bits per heavy atom. The molecule has 2 rings (SSSR count). The van der Waals surface area contributed by atoms with Crippen molar-refractivity contribution in [3.05, 3.63) is 30.1 Å². The van der Waals surface area contributed by atoms with E-state index in [2.05, 4.69) is 15.5 Å². The van der Waals surface area contributed by atoms with Crippen molar-refractivity contribution in [3.63, 3.8) is 0 Å². The van der Waals surface area contributed by atoms with Crippen LogP contribution in [0.3, 0.4) is 0 Å². The van der Waals surface area contributed by atoms with Gasteiger partial charge >= 0.3 is 12.0 Å². The van der Waals surface area contributed by atoms with Crippen LogP contribution in [-0.2, 0) is 4.79 Å². The Hall–Kier alpha value is -2.15. The number of carbonyl (C=O) groups is 2. The standard InChI is InChI=1S/C15H20FN3O3/c16-11-3-5-12(6-4-11)17-15(22)18-13-7-9-19(10-13)8-1-2-14(20)21/h3-6,13H,1-2,7-10H2,(H,20,21)(H2,17,18,22). The molecule has 1 unspecified atom stereocenters. The lowest BCUT2D eigenvalue weighted by Crippen LogP contribution is -2.39. The molecule has 1 aromatic rings. The highest BCUT2D eigenvalue weighted by Crippen LogP contribution is 2.11. The van der Waals surface area contributed by atoms with Crippen molar-refractivity contribution in [2.24, 2.45) is 0 Å². The molecule has 22 heavy (non-hydrogen) atoms. The second kappa shape index (κ2) is 7.74. The molecule has 120 valence electrons. The molecule has 1 fully saturated rings. The Kier molecular flexibility index (Phi) is 5.71. The molecule has 1 aromatic carbocycles. The van der Waals surface area contributed by atoms with Gasteiger partial charge in [0.15, 0.2) is 0 Å². The molecule has 3 N–H and O–H groups in total. The molecule has 1 aliphatic rings. The van der Waals surface area contributed by atoms with Crippen LogP contribution in [0, 0.1) is 5.82 Å². The number of benzene rings is 1. The third-order valence-corrected chi connectivity index (χ3v) is 3.57. The predicted molar refractivity (Wildman–Crippen MR) is 80.3 cm³/mol. The summed E-state index contributed by atoms with van der Waals surface area (Å²) < 4.78 is 12.8. The highest BCUT2D eigenvalue weighted by molar-refractivity contribution is 5.89. The van der Waals surface area contributed by atoms with Gasteiger partial charge in [-0.15, -0.1) is 0 Å². The maximum atomic E-state index is 12.8. The van der Waals surface area contributed by atoms with Gasteiger partial charge in [-0.2, -0.15) is 0 Å². The van der Waals surface area contributed by atoms with Crippen molar-refractivity contribution in [2.75, 3.05) is 25.0 Å². The first-order valence-corrected chi connectivity index (χ1v) is 7.30. The van der Waals surface area contributed by atoms with E-state index in [1.165, 1.54) is 24.3 Å². The van der Waals surface area contributed by atoms with Crippen molar-refractivity contribution >= 4 is 17.7 Å². The number of carboxylic acid groups (broad SMARTS) is 1. The summed E-state index contributed by atoms with van der Waals surface area (Å²) >= 11 is 0. The van der Waals surface area contributed by atoms with Gasteiger partial charge in [0.25, 0.3) is 0 Å². The van der Waals surface area contributed by atoms with Gasteiger partial charge in [0.1, 0.15) is 5.82 Å². The summed E-state index contributed by atoms with van der Waals surface area (Å²) in [5, 5.41) is 14.1.